The lowest BCUT2D eigenvalue weighted by molar-refractivity contribution is -0.301. The molecule has 0 N–H and O–H groups in total. The average molecular weight is 173 g/mol. The lowest BCUT2D eigenvalue weighted by Crippen LogP contribution is -2.24. The summed E-state index contributed by atoms with van der Waals surface area (Å²) in [5, 5.41) is 17.3. The summed E-state index contributed by atoms with van der Waals surface area (Å²) >= 11 is 0.947. The van der Waals surface area contributed by atoms with Gasteiger partial charge in [-0.05, 0) is 0 Å². The Hall–Kier alpha value is -1.04. The summed E-state index contributed by atoms with van der Waals surface area (Å²) in [6.45, 7) is 1.63. The van der Waals surface area contributed by atoms with Gasteiger partial charge in [-0.3, -0.25) is 0 Å². The van der Waals surface area contributed by atoms with Gasteiger partial charge in [-0.25, -0.2) is 0 Å². The van der Waals surface area contributed by atoms with Crippen LogP contribution in [0.25, 0.3) is 0 Å². The zero-order chi connectivity index (χ0) is 8.27. The maximum absolute atomic E-state index is 9.96. The Kier molecular flexibility index (Phi) is 2.48. The van der Waals surface area contributed by atoms with E-state index in [2.05, 4.69) is 10.2 Å². The maximum atomic E-state index is 9.96. The summed E-state index contributed by atoms with van der Waals surface area (Å²) < 4.78 is 4.88. The molecule has 11 heavy (non-hydrogen) atoms. The van der Waals surface area contributed by atoms with E-state index in [1.165, 1.54) is 0 Å². The van der Waals surface area contributed by atoms with E-state index in [9.17, 15) is 9.90 Å². The minimum Gasteiger partial charge on any atom is -0.549 e. The van der Waals surface area contributed by atoms with E-state index in [1.54, 1.807) is 6.92 Å². The molecule has 1 aromatic heterocycles. The van der Waals surface area contributed by atoms with Crippen LogP contribution in [0.2, 0.25) is 0 Å². The number of hydrogen-bond donors (Lipinski definition) is 0. The average Bonchev–Trinajstić information content (AvgIpc) is 2.31. The first kappa shape index (κ1) is 8.06. The van der Waals surface area contributed by atoms with Crippen molar-refractivity contribution in [3.05, 3.63) is 5.89 Å². The molecule has 5 nitrogen and oxygen atoms in total. The molecule has 0 radical (unpaired) electrons. The number of carbonyl (C=O) groups is 1. The number of aliphatic carboxylic acids is 1. The zero-order valence-electron chi connectivity index (χ0n) is 5.73. The normalized spacial score (nSPS) is 9.91. The quantitative estimate of drug-likeness (QED) is 0.558. The highest BCUT2D eigenvalue weighted by Crippen LogP contribution is 2.14. The lowest BCUT2D eigenvalue weighted by atomic mass is 10.8. The number of hydrogen-bond acceptors (Lipinski definition) is 6. The molecule has 0 aliphatic heterocycles. The smallest absolute Gasteiger partial charge is 0.276 e. The Bertz CT molecular complexity index is 260. The molecule has 1 rings (SSSR count). The number of rotatable bonds is 3. The summed E-state index contributed by atoms with van der Waals surface area (Å²) in [7, 11) is 0. The van der Waals surface area contributed by atoms with Crippen molar-refractivity contribution >= 4 is 17.7 Å². The molecule has 0 amide bonds. The van der Waals surface area contributed by atoms with Crippen LogP contribution in [0.4, 0.5) is 0 Å². The van der Waals surface area contributed by atoms with Crippen molar-refractivity contribution in [2.24, 2.45) is 0 Å². The molecule has 0 fully saturated rings. The number of nitrogens with zero attached hydrogens (tertiary/aromatic N) is 2. The van der Waals surface area contributed by atoms with Crippen LogP contribution in [0.5, 0.6) is 0 Å². The van der Waals surface area contributed by atoms with Crippen LogP contribution in [0.1, 0.15) is 5.89 Å². The Morgan fingerprint density at radius 1 is 1.73 bits per heavy atom. The second kappa shape index (κ2) is 3.38. The predicted octanol–water partition coefficient (Wildman–Crippen LogP) is -0.780. The van der Waals surface area contributed by atoms with Crippen LogP contribution in [0.3, 0.4) is 0 Å². The number of aromatic nitrogens is 2. The van der Waals surface area contributed by atoms with Crippen molar-refractivity contribution in [2.75, 3.05) is 5.75 Å². The SMILES string of the molecule is Cc1nnc(SCC(=O)[O-])o1. The molecule has 0 aliphatic rings. The third-order valence-corrected chi connectivity index (χ3v) is 1.61. The van der Waals surface area contributed by atoms with Crippen molar-refractivity contribution in [2.45, 2.75) is 12.1 Å². The summed E-state index contributed by atoms with van der Waals surface area (Å²) in [4.78, 5) is 9.96. The third-order valence-electron chi connectivity index (χ3n) is 0.821. The minimum atomic E-state index is -1.15. The summed E-state index contributed by atoms with van der Waals surface area (Å²) in [6.07, 6.45) is 0. The third kappa shape index (κ3) is 2.58. The number of carbonyl (C=O) groups excluding carboxylic acids is 1. The van der Waals surface area contributed by atoms with Crippen molar-refractivity contribution in [3.8, 4) is 0 Å². The van der Waals surface area contributed by atoms with Gasteiger partial charge in [-0.2, -0.15) is 0 Å². The van der Waals surface area contributed by atoms with Gasteiger partial charge < -0.3 is 14.3 Å². The van der Waals surface area contributed by atoms with E-state index in [0.29, 0.717) is 5.89 Å². The minimum absolute atomic E-state index is 0.165. The predicted molar refractivity (Wildman–Crippen MR) is 34.8 cm³/mol. The number of carboxylic acid groups (broad SMARTS) is 1. The Morgan fingerprint density at radius 3 is 2.91 bits per heavy atom. The molecule has 0 bridgehead atoms. The van der Waals surface area contributed by atoms with Gasteiger partial charge in [0, 0.05) is 12.7 Å². The summed E-state index contributed by atoms with van der Waals surface area (Å²) in [5.41, 5.74) is 0. The second-order valence-corrected chi connectivity index (χ2v) is 2.67. The first-order chi connectivity index (χ1) is 5.18. The van der Waals surface area contributed by atoms with Gasteiger partial charge in [0.1, 0.15) is 0 Å². The van der Waals surface area contributed by atoms with E-state index in [4.69, 9.17) is 4.42 Å². The standard InChI is InChI=1S/C5H6N2O3S/c1-3-6-7-5(10-3)11-2-4(8)9/h2H2,1H3,(H,8,9)/p-1. The summed E-state index contributed by atoms with van der Waals surface area (Å²) in [5.74, 6) is -0.890. The lowest BCUT2D eigenvalue weighted by Gasteiger charge is -1.95. The Labute approximate surface area is 66.8 Å². The van der Waals surface area contributed by atoms with Gasteiger partial charge in [0.15, 0.2) is 0 Å². The highest BCUT2D eigenvalue weighted by atomic mass is 32.2. The summed E-state index contributed by atoms with van der Waals surface area (Å²) in [6, 6.07) is 0. The number of thioether (sulfide) groups is 1. The van der Waals surface area contributed by atoms with Crippen molar-refractivity contribution < 1.29 is 14.3 Å². The molecule has 6 heteroatoms. The molecule has 0 saturated heterocycles. The first-order valence-electron chi connectivity index (χ1n) is 2.81. The largest absolute Gasteiger partial charge is 0.549 e. The van der Waals surface area contributed by atoms with Crippen molar-refractivity contribution in [1.29, 1.82) is 0 Å². The highest BCUT2D eigenvalue weighted by molar-refractivity contribution is 7.99. The molecule has 0 aromatic carbocycles. The van der Waals surface area contributed by atoms with Crippen molar-refractivity contribution in [1.82, 2.24) is 10.2 Å². The molecule has 0 aliphatic carbocycles. The Morgan fingerprint density at radius 2 is 2.45 bits per heavy atom. The first-order valence-corrected chi connectivity index (χ1v) is 3.80. The molecule has 1 aromatic rings. The van der Waals surface area contributed by atoms with Gasteiger partial charge in [-0.1, -0.05) is 11.8 Å². The van der Waals surface area contributed by atoms with Crippen LogP contribution in [-0.2, 0) is 4.79 Å². The molecular weight excluding hydrogens is 168 g/mol. The fraction of sp³-hybridized carbons (Fsp3) is 0.400. The van der Waals surface area contributed by atoms with Crippen LogP contribution >= 0.6 is 11.8 Å². The molecule has 1 heterocycles. The van der Waals surface area contributed by atoms with E-state index in [1.807, 2.05) is 0 Å². The molecule has 0 atom stereocenters. The second-order valence-electron chi connectivity index (χ2n) is 1.75. The maximum Gasteiger partial charge on any atom is 0.276 e. The van der Waals surface area contributed by atoms with E-state index in [0.717, 1.165) is 11.8 Å². The highest BCUT2D eigenvalue weighted by Gasteiger charge is 2.01. The van der Waals surface area contributed by atoms with Gasteiger partial charge in [0.2, 0.25) is 5.89 Å². The Balaban J connectivity index is 2.45. The van der Waals surface area contributed by atoms with Gasteiger partial charge in [0.25, 0.3) is 5.22 Å². The topological polar surface area (TPSA) is 79.0 Å². The number of carboxylic acids is 1. The van der Waals surface area contributed by atoms with Crippen LogP contribution in [-0.4, -0.2) is 21.9 Å². The van der Waals surface area contributed by atoms with Crippen LogP contribution < -0.4 is 5.11 Å². The van der Waals surface area contributed by atoms with Gasteiger partial charge in [-0.15, -0.1) is 10.2 Å². The molecule has 0 saturated carbocycles. The molecular formula is C5H5N2O3S-. The monoisotopic (exact) mass is 173 g/mol. The van der Waals surface area contributed by atoms with E-state index in [-0.39, 0.29) is 11.0 Å². The molecule has 60 valence electrons. The van der Waals surface area contributed by atoms with Gasteiger partial charge in [0.05, 0.1) is 5.97 Å². The molecule has 0 unspecified atom stereocenters. The zero-order valence-corrected chi connectivity index (χ0v) is 6.55. The fourth-order valence-corrected chi connectivity index (χ4v) is 0.977. The van der Waals surface area contributed by atoms with E-state index < -0.39 is 5.97 Å². The molecule has 0 spiro atoms. The van der Waals surface area contributed by atoms with Crippen LogP contribution in [0, 0.1) is 6.92 Å². The van der Waals surface area contributed by atoms with Crippen molar-refractivity contribution in [3.63, 3.8) is 0 Å². The number of aryl methyl sites for hydroxylation is 1. The van der Waals surface area contributed by atoms with E-state index >= 15 is 0 Å². The van der Waals surface area contributed by atoms with Gasteiger partial charge >= 0.3 is 0 Å². The van der Waals surface area contributed by atoms with Crippen LogP contribution in [0.15, 0.2) is 9.64 Å². The fourth-order valence-electron chi connectivity index (χ4n) is 0.457.